The second kappa shape index (κ2) is 11.3. The number of carbonyl (C=O) groups excluding carboxylic acids is 2. The van der Waals surface area contributed by atoms with Crippen LogP contribution in [0.2, 0.25) is 0 Å². The van der Waals surface area contributed by atoms with Crippen LogP contribution in [-0.4, -0.2) is 62.0 Å². The number of para-hydroxylation sites is 1. The zero-order valence-corrected chi connectivity index (χ0v) is 19.6. The molecule has 0 saturated carbocycles. The fourth-order valence-corrected chi connectivity index (χ4v) is 3.60. The van der Waals surface area contributed by atoms with E-state index in [0.717, 1.165) is 0 Å². The Kier molecular flexibility index (Phi) is 7.74. The van der Waals surface area contributed by atoms with E-state index < -0.39 is 5.97 Å². The Labute approximate surface area is 203 Å². The number of nitrogens with zero attached hydrogens (tertiary/aromatic N) is 3. The van der Waals surface area contributed by atoms with E-state index in [2.05, 4.69) is 15.6 Å². The number of esters is 1. The van der Waals surface area contributed by atoms with E-state index in [1.165, 1.54) is 7.11 Å². The molecule has 1 saturated heterocycles. The van der Waals surface area contributed by atoms with Crippen molar-refractivity contribution >= 4 is 29.2 Å². The quantitative estimate of drug-likeness (QED) is 0.494. The van der Waals surface area contributed by atoms with Gasteiger partial charge in [0.1, 0.15) is 0 Å². The normalized spacial score (nSPS) is 13.1. The lowest BCUT2D eigenvalue weighted by atomic mass is 10.2. The van der Waals surface area contributed by atoms with Crippen LogP contribution in [0.5, 0.6) is 5.75 Å². The third-order valence-electron chi connectivity index (χ3n) is 5.26. The summed E-state index contributed by atoms with van der Waals surface area (Å²) in [6, 6.07) is 15.8. The number of benzene rings is 2. The van der Waals surface area contributed by atoms with Crippen molar-refractivity contribution in [2.45, 2.75) is 6.92 Å². The first-order valence-corrected chi connectivity index (χ1v) is 11.3. The molecule has 0 radical (unpaired) electrons. The summed E-state index contributed by atoms with van der Waals surface area (Å²) in [7, 11) is 1.48. The molecule has 10 nitrogen and oxygen atoms in total. The molecule has 0 aliphatic carbocycles. The van der Waals surface area contributed by atoms with Crippen molar-refractivity contribution in [1.29, 1.82) is 0 Å². The van der Waals surface area contributed by atoms with Crippen molar-refractivity contribution in [2.75, 3.05) is 55.6 Å². The Morgan fingerprint density at radius 3 is 2.26 bits per heavy atom. The molecule has 0 unspecified atom stereocenters. The van der Waals surface area contributed by atoms with Crippen molar-refractivity contribution < 1.29 is 23.8 Å². The van der Waals surface area contributed by atoms with Crippen molar-refractivity contribution in [3.05, 3.63) is 60.3 Å². The summed E-state index contributed by atoms with van der Waals surface area (Å²) in [6.45, 7) is 4.24. The maximum Gasteiger partial charge on any atom is 0.361 e. The van der Waals surface area contributed by atoms with Gasteiger partial charge in [-0.3, -0.25) is 0 Å². The van der Waals surface area contributed by atoms with E-state index >= 15 is 0 Å². The monoisotopic (exact) mass is 477 g/mol. The molecular weight excluding hydrogens is 450 g/mol. The molecule has 35 heavy (non-hydrogen) atoms. The number of hydrogen-bond donors (Lipinski definition) is 2. The van der Waals surface area contributed by atoms with E-state index in [1.807, 2.05) is 23.1 Å². The highest BCUT2D eigenvalue weighted by molar-refractivity contribution is 5.99. The topological polar surface area (TPSA) is 115 Å². The predicted octanol–water partition coefficient (Wildman–Crippen LogP) is 3.81. The van der Waals surface area contributed by atoms with Gasteiger partial charge in [0.25, 0.3) is 0 Å². The van der Waals surface area contributed by atoms with E-state index in [4.69, 9.17) is 19.2 Å². The molecule has 2 aromatic carbocycles. The van der Waals surface area contributed by atoms with Gasteiger partial charge in [-0.1, -0.05) is 18.2 Å². The molecule has 2 heterocycles. The van der Waals surface area contributed by atoms with Crippen molar-refractivity contribution in [1.82, 2.24) is 9.97 Å². The van der Waals surface area contributed by atoms with Crippen LogP contribution >= 0.6 is 0 Å². The summed E-state index contributed by atoms with van der Waals surface area (Å²) in [6.07, 6.45) is 0. The van der Waals surface area contributed by atoms with Gasteiger partial charge in [0.15, 0.2) is 23.1 Å². The Bertz CT molecular complexity index is 1160. The summed E-state index contributed by atoms with van der Waals surface area (Å²) < 4.78 is 16.2. The number of rotatable bonds is 7. The molecule has 1 aliphatic rings. The Balaban J connectivity index is 1.61. The molecular formula is C25H27N5O5. The fraction of sp³-hybridized carbons (Fsp3) is 0.280. The summed E-state index contributed by atoms with van der Waals surface area (Å²) >= 11 is 0. The molecule has 2 N–H and O–H groups in total. The Morgan fingerprint density at radius 1 is 0.971 bits per heavy atom. The third-order valence-corrected chi connectivity index (χ3v) is 5.26. The van der Waals surface area contributed by atoms with Crippen LogP contribution in [0.4, 0.5) is 22.0 Å². The zero-order valence-electron chi connectivity index (χ0n) is 19.6. The van der Waals surface area contributed by atoms with Gasteiger partial charge in [-0.15, -0.1) is 0 Å². The SMILES string of the molecule is CCOC(=O)c1nc(-c2ccc(NC(=O)Nc3ccccc3)cc2)nc(N2CCOCC2)c1OC. The van der Waals surface area contributed by atoms with E-state index in [9.17, 15) is 9.59 Å². The van der Waals surface area contributed by atoms with Gasteiger partial charge in [0, 0.05) is 30.0 Å². The average Bonchev–Trinajstić information content (AvgIpc) is 2.89. The highest BCUT2D eigenvalue weighted by atomic mass is 16.5. The van der Waals surface area contributed by atoms with Crippen LogP contribution in [-0.2, 0) is 9.47 Å². The highest BCUT2D eigenvalue weighted by Gasteiger charge is 2.27. The molecule has 1 fully saturated rings. The molecule has 4 rings (SSSR count). The van der Waals surface area contributed by atoms with Crippen LogP contribution in [0.25, 0.3) is 11.4 Å². The second-order valence-corrected chi connectivity index (χ2v) is 7.60. The number of nitrogens with one attached hydrogen (secondary N) is 2. The first-order chi connectivity index (χ1) is 17.1. The molecule has 1 aromatic heterocycles. The fourth-order valence-electron chi connectivity index (χ4n) is 3.60. The Morgan fingerprint density at radius 2 is 1.63 bits per heavy atom. The number of carbonyl (C=O) groups is 2. The standard InChI is InChI=1S/C25H27N5O5/c1-3-35-24(31)20-21(33-2)23(30-13-15-34-16-14-30)29-22(28-20)17-9-11-19(12-10-17)27-25(32)26-18-7-5-4-6-8-18/h4-12H,3,13-16H2,1-2H3,(H2,26,27,32). The molecule has 0 bridgehead atoms. The maximum atomic E-state index is 12.7. The number of morpholine rings is 1. The van der Waals surface area contributed by atoms with Crippen LogP contribution in [0.15, 0.2) is 54.6 Å². The first-order valence-electron chi connectivity index (χ1n) is 11.3. The van der Waals surface area contributed by atoms with Gasteiger partial charge >= 0.3 is 12.0 Å². The lowest BCUT2D eigenvalue weighted by Gasteiger charge is -2.29. The summed E-state index contributed by atoms with van der Waals surface area (Å²) in [5, 5.41) is 5.56. The maximum absolute atomic E-state index is 12.7. The van der Waals surface area contributed by atoms with Gasteiger partial charge in [0.05, 0.1) is 26.9 Å². The van der Waals surface area contributed by atoms with Crippen LogP contribution in [0, 0.1) is 0 Å². The molecule has 3 aromatic rings. The summed E-state index contributed by atoms with van der Waals surface area (Å²) in [5.74, 6) is 0.535. The van der Waals surface area contributed by atoms with Crippen molar-refractivity contribution in [3.63, 3.8) is 0 Å². The van der Waals surface area contributed by atoms with Crippen LogP contribution in [0.3, 0.4) is 0 Å². The van der Waals surface area contributed by atoms with E-state index in [-0.39, 0.29) is 24.1 Å². The lowest BCUT2D eigenvalue weighted by Crippen LogP contribution is -2.37. The lowest BCUT2D eigenvalue weighted by molar-refractivity contribution is 0.0515. The number of urea groups is 1. The molecule has 0 atom stereocenters. The number of methoxy groups -OCH3 is 1. The highest BCUT2D eigenvalue weighted by Crippen LogP contribution is 2.33. The van der Waals surface area contributed by atoms with Crippen molar-refractivity contribution in [2.24, 2.45) is 0 Å². The van der Waals surface area contributed by atoms with Gasteiger partial charge in [-0.05, 0) is 43.3 Å². The zero-order chi connectivity index (χ0) is 24.6. The number of hydrogen-bond acceptors (Lipinski definition) is 8. The minimum Gasteiger partial charge on any atom is -0.491 e. The van der Waals surface area contributed by atoms with Gasteiger partial charge < -0.3 is 29.7 Å². The smallest absolute Gasteiger partial charge is 0.361 e. The number of ether oxygens (including phenoxy) is 3. The molecule has 182 valence electrons. The van der Waals surface area contributed by atoms with Crippen LogP contribution in [0.1, 0.15) is 17.4 Å². The predicted molar refractivity (Wildman–Crippen MR) is 132 cm³/mol. The second-order valence-electron chi connectivity index (χ2n) is 7.60. The summed E-state index contributed by atoms with van der Waals surface area (Å²) in [4.78, 5) is 36.1. The van der Waals surface area contributed by atoms with E-state index in [0.29, 0.717) is 54.9 Å². The van der Waals surface area contributed by atoms with Gasteiger partial charge in [0.2, 0.25) is 0 Å². The van der Waals surface area contributed by atoms with Gasteiger partial charge in [-0.25, -0.2) is 19.6 Å². The minimum absolute atomic E-state index is 0.0604. The minimum atomic E-state index is -0.585. The third kappa shape index (κ3) is 5.85. The molecule has 10 heteroatoms. The van der Waals surface area contributed by atoms with Crippen molar-refractivity contribution in [3.8, 4) is 17.1 Å². The summed E-state index contributed by atoms with van der Waals surface area (Å²) in [5.41, 5.74) is 2.01. The number of anilines is 3. The molecule has 0 spiro atoms. The number of aromatic nitrogens is 2. The molecule has 2 amide bonds. The first kappa shape index (κ1) is 24.0. The largest absolute Gasteiger partial charge is 0.491 e. The molecule has 1 aliphatic heterocycles. The number of amides is 2. The van der Waals surface area contributed by atoms with Gasteiger partial charge in [-0.2, -0.15) is 0 Å². The average molecular weight is 478 g/mol. The van der Waals surface area contributed by atoms with E-state index in [1.54, 1.807) is 43.3 Å². The Hall–Kier alpha value is -4.18. The van der Waals surface area contributed by atoms with Crippen LogP contribution < -0.4 is 20.3 Å².